The van der Waals surface area contributed by atoms with Crippen molar-refractivity contribution in [1.82, 2.24) is 15.1 Å². The Morgan fingerprint density at radius 1 is 0.912 bits per heavy atom. The fraction of sp³-hybridized carbons (Fsp3) is 0.259. The number of halogens is 2. The van der Waals surface area contributed by atoms with Crippen LogP contribution in [0.1, 0.15) is 28.6 Å². The highest BCUT2D eigenvalue weighted by Gasteiger charge is 2.31. The number of benzene rings is 3. The smallest absolute Gasteiger partial charge is 0.247 e. The van der Waals surface area contributed by atoms with Crippen molar-refractivity contribution in [3.05, 3.63) is 100 Å². The molecule has 1 atom stereocenters. The molecule has 3 aromatic carbocycles. The van der Waals surface area contributed by atoms with Gasteiger partial charge in [0.1, 0.15) is 11.9 Å². The fourth-order valence-electron chi connectivity index (χ4n) is 4.54. The number of hydrogen-bond donors (Lipinski definition) is 0. The number of rotatable bonds is 5. The largest absolute Gasteiger partial charge is 0.419 e. The van der Waals surface area contributed by atoms with Gasteiger partial charge in [0.15, 0.2) is 0 Å². The van der Waals surface area contributed by atoms with E-state index >= 15 is 0 Å². The second-order valence-electron chi connectivity index (χ2n) is 8.65. The van der Waals surface area contributed by atoms with Gasteiger partial charge in [0.25, 0.3) is 0 Å². The first-order valence-electron chi connectivity index (χ1n) is 11.4. The predicted molar refractivity (Wildman–Crippen MR) is 133 cm³/mol. The van der Waals surface area contributed by atoms with Crippen molar-refractivity contribution in [1.29, 1.82) is 0 Å². The molecular formula is C27H26ClFN4O. The van der Waals surface area contributed by atoms with E-state index in [0.29, 0.717) is 22.4 Å². The molecule has 1 aliphatic heterocycles. The molecule has 1 aromatic heterocycles. The van der Waals surface area contributed by atoms with Gasteiger partial charge in [0.2, 0.25) is 11.8 Å². The second kappa shape index (κ2) is 9.57. The second-order valence-corrected chi connectivity index (χ2v) is 9.09. The van der Waals surface area contributed by atoms with Crippen LogP contribution in [0.5, 0.6) is 0 Å². The highest BCUT2D eigenvalue weighted by Crippen LogP contribution is 2.33. The summed E-state index contributed by atoms with van der Waals surface area (Å²) < 4.78 is 19.8. The van der Waals surface area contributed by atoms with E-state index in [9.17, 15) is 4.39 Å². The van der Waals surface area contributed by atoms with Gasteiger partial charge in [-0.3, -0.25) is 4.90 Å². The molecule has 5 rings (SSSR count). The van der Waals surface area contributed by atoms with E-state index in [4.69, 9.17) is 16.0 Å². The van der Waals surface area contributed by atoms with Gasteiger partial charge in [0, 0.05) is 42.5 Å². The summed E-state index contributed by atoms with van der Waals surface area (Å²) in [5.74, 6) is 0.457. The lowest BCUT2D eigenvalue weighted by atomic mass is 10.0. The maximum Gasteiger partial charge on any atom is 0.247 e. The fourth-order valence-corrected chi connectivity index (χ4v) is 4.66. The summed E-state index contributed by atoms with van der Waals surface area (Å²) in [5.41, 5.74) is 5.50. The molecule has 0 saturated carbocycles. The zero-order valence-corrected chi connectivity index (χ0v) is 20.0. The number of hydrogen-bond acceptors (Lipinski definition) is 5. The minimum Gasteiger partial charge on any atom is -0.419 e. The van der Waals surface area contributed by atoms with Crippen LogP contribution in [0.3, 0.4) is 0 Å². The van der Waals surface area contributed by atoms with Gasteiger partial charge in [-0.25, -0.2) is 4.39 Å². The SMILES string of the molecule is Cc1cccc(N2CCN(C(c3ccc(Cl)cc3)c3nnc(-c4cccc(F)c4)o3)CC2)c1C. The summed E-state index contributed by atoms with van der Waals surface area (Å²) in [6, 6.07) is 20.2. The first-order chi connectivity index (χ1) is 16.5. The van der Waals surface area contributed by atoms with Crippen LogP contribution in [0.4, 0.5) is 10.1 Å². The van der Waals surface area contributed by atoms with E-state index in [-0.39, 0.29) is 11.9 Å². The maximum atomic E-state index is 13.7. The minimum atomic E-state index is -0.339. The molecule has 4 aromatic rings. The molecule has 34 heavy (non-hydrogen) atoms. The van der Waals surface area contributed by atoms with Gasteiger partial charge in [-0.2, -0.15) is 0 Å². The van der Waals surface area contributed by atoms with Crippen LogP contribution in [0.15, 0.2) is 71.1 Å². The molecule has 1 saturated heterocycles. The molecule has 0 aliphatic carbocycles. The van der Waals surface area contributed by atoms with E-state index in [1.165, 1.54) is 28.9 Å². The molecule has 1 aliphatic rings. The highest BCUT2D eigenvalue weighted by atomic mass is 35.5. The third-order valence-electron chi connectivity index (χ3n) is 6.53. The Labute approximate surface area is 203 Å². The molecule has 5 nitrogen and oxygen atoms in total. The Morgan fingerprint density at radius 3 is 2.38 bits per heavy atom. The lowest BCUT2D eigenvalue weighted by molar-refractivity contribution is 0.188. The average Bonchev–Trinajstić information content (AvgIpc) is 3.33. The summed E-state index contributed by atoms with van der Waals surface area (Å²) in [7, 11) is 0. The lowest BCUT2D eigenvalue weighted by Crippen LogP contribution is -2.48. The summed E-state index contributed by atoms with van der Waals surface area (Å²) in [6.07, 6.45) is 0. The Hall–Kier alpha value is -3.22. The Kier molecular flexibility index (Phi) is 6.35. The molecule has 0 spiro atoms. The van der Waals surface area contributed by atoms with Gasteiger partial charge in [-0.05, 0) is 66.9 Å². The van der Waals surface area contributed by atoms with Crippen molar-refractivity contribution in [2.24, 2.45) is 0 Å². The molecule has 7 heteroatoms. The van der Waals surface area contributed by atoms with E-state index in [1.54, 1.807) is 12.1 Å². The van der Waals surface area contributed by atoms with Crippen LogP contribution in [0.2, 0.25) is 5.02 Å². The van der Waals surface area contributed by atoms with Crippen LogP contribution in [-0.4, -0.2) is 41.3 Å². The van der Waals surface area contributed by atoms with E-state index in [2.05, 4.69) is 52.0 Å². The summed E-state index contributed by atoms with van der Waals surface area (Å²) in [6.45, 7) is 7.77. The van der Waals surface area contributed by atoms with Crippen LogP contribution in [0, 0.1) is 19.7 Å². The topological polar surface area (TPSA) is 45.4 Å². The zero-order valence-electron chi connectivity index (χ0n) is 19.2. The van der Waals surface area contributed by atoms with Crippen LogP contribution < -0.4 is 4.90 Å². The molecule has 1 fully saturated rings. The van der Waals surface area contributed by atoms with Gasteiger partial charge in [-0.15, -0.1) is 10.2 Å². The molecular weight excluding hydrogens is 451 g/mol. The Morgan fingerprint density at radius 2 is 1.65 bits per heavy atom. The lowest BCUT2D eigenvalue weighted by Gasteiger charge is -2.39. The van der Waals surface area contributed by atoms with Crippen molar-refractivity contribution in [3.63, 3.8) is 0 Å². The van der Waals surface area contributed by atoms with Crippen LogP contribution in [-0.2, 0) is 0 Å². The molecule has 2 heterocycles. The predicted octanol–water partition coefficient (Wildman–Crippen LogP) is 6.06. The molecule has 0 radical (unpaired) electrons. The quantitative estimate of drug-likeness (QED) is 0.350. The number of aryl methyl sites for hydroxylation is 1. The third-order valence-corrected chi connectivity index (χ3v) is 6.78. The molecule has 174 valence electrons. The number of nitrogens with zero attached hydrogens (tertiary/aromatic N) is 4. The van der Waals surface area contributed by atoms with Gasteiger partial charge in [0.05, 0.1) is 0 Å². The highest BCUT2D eigenvalue weighted by molar-refractivity contribution is 6.30. The first kappa shape index (κ1) is 22.6. The van der Waals surface area contributed by atoms with Gasteiger partial charge < -0.3 is 9.32 Å². The van der Waals surface area contributed by atoms with Crippen molar-refractivity contribution in [3.8, 4) is 11.5 Å². The molecule has 0 amide bonds. The zero-order chi connectivity index (χ0) is 23.7. The van der Waals surface area contributed by atoms with E-state index in [0.717, 1.165) is 31.7 Å². The van der Waals surface area contributed by atoms with E-state index in [1.807, 2.05) is 24.3 Å². The average molecular weight is 477 g/mol. The molecule has 0 N–H and O–H groups in total. The third kappa shape index (κ3) is 4.56. The number of aromatic nitrogens is 2. The minimum absolute atomic E-state index is 0.215. The standard InChI is InChI=1S/C27H26ClFN4O/c1-18-5-3-8-24(19(18)2)32-13-15-33(16-14-32)25(20-9-11-22(28)12-10-20)27-31-30-26(34-27)21-6-4-7-23(29)17-21/h3-12,17,25H,13-16H2,1-2H3. The van der Waals surface area contributed by atoms with Crippen LogP contribution >= 0.6 is 11.6 Å². The summed E-state index contributed by atoms with van der Waals surface area (Å²) in [5, 5.41) is 9.27. The Bertz CT molecular complexity index is 1280. The van der Waals surface area contributed by atoms with Crippen molar-refractivity contribution in [2.75, 3.05) is 31.1 Å². The molecule has 0 bridgehead atoms. The van der Waals surface area contributed by atoms with Gasteiger partial charge in [-0.1, -0.05) is 41.9 Å². The monoisotopic (exact) mass is 476 g/mol. The normalized spacial score (nSPS) is 15.5. The number of anilines is 1. The van der Waals surface area contributed by atoms with Crippen molar-refractivity contribution < 1.29 is 8.81 Å². The van der Waals surface area contributed by atoms with E-state index < -0.39 is 0 Å². The van der Waals surface area contributed by atoms with Gasteiger partial charge >= 0.3 is 0 Å². The first-order valence-corrected chi connectivity index (χ1v) is 11.8. The van der Waals surface area contributed by atoms with Crippen LogP contribution in [0.25, 0.3) is 11.5 Å². The maximum absolute atomic E-state index is 13.7. The summed E-state index contributed by atoms with van der Waals surface area (Å²) in [4.78, 5) is 4.79. The van der Waals surface area contributed by atoms with Crippen molar-refractivity contribution >= 4 is 17.3 Å². The Balaban J connectivity index is 1.43. The number of piperazine rings is 1. The van der Waals surface area contributed by atoms with Crippen molar-refractivity contribution in [2.45, 2.75) is 19.9 Å². The summed E-state index contributed by atoms with van der Waals surface area (Å²) >= 11 is 6.15. The molecule has 1 unspecified atom stereocenters.